The monoisotopic (exact) mass is 186 g/mol. The summed E-state index contributed by atoms with van der Waals surface area (Å²) in [5, 5.41) is 10.2. The molecule has 1 unspecified atom stereocenters. The molecule has 12 heavy (non-hydrogen) atoms. The van der Waals surface area contributed by atoms with Gasteiger partial charge in [0.25, 0.3) is 0 Å². The van der Waals surface area contributed by atoms with Crippen LogP contribution in [-0.4, -0.2) is 9.82 Å². The third-order valence-electron chi connectivity index (χ3n) is 1.28. The van der Waals surface area contributed by atoms with E-state index in [2.05, 4.69) is 0 Å². The highest BCUT2D eigenvalue weighted by Crippen LogP contribution is 2.20. The van der Waals surface area contributed by atoms with Crippen LogP contribution in [0.4, 0.5) is 5.69 Å². The topological polar surface area (TPSA) is 80.4 Å². The van der Waals surface area contributed by atoms with Crippen molar-refractivity contribution < 1.29 is 14.4 Å². The maximum Gasteiger partial charge on any atom is 0.553 e. The molecule has 0 spiro atoms. The Morgan fingerprint density at radius 2 is 2.00 bits per heavy atom. The molecule has 1 aromatic carbocycles. The van der Waals surface area contributed by atoms with Gasteiger partial charge in [-0.25, -0.2) is 0 Å². The minimum absolute atomic E-state index is 0.141. The van der Waals surface area contributed by atoms with Gasteiger partial charge >= 0.3 is 19.0 Å². The van der Waals surface area contributed by atoms with Gasteiger partial charge < -0.3 is 0 Å². The average molecular weight is 186 g/mol. The van der Waals surface area contributed by atoms with E-state index in [0.717, 1.165) is 0 Å². The number of nitro benzene ring substituents is 1. The van der Waals surface area contributed by atoms with E-state index in [0.29, 0.717) is 0 Å². The molecule has 1 rings (SSSR count). The summed E-state index contributed by atoms with van der Waals surface area (Å²) in [6.45, 7) is 0. The van der Waals surface area contributed by atoms with E-state index < -0.39 is 13.0 Å². The number of hydrogen-bond acceptors (Lipinski definition) is 3. The highest BCUT2D eigenvalue weighted by molar-refractivity contribution is 7.47. The fourth-order valence-corrected chi connectivity index (χ4v) is 1.35. The van der Waals surface area contributed by atoms with Crippen molar-refractivity contribution in [3.8, 4) is 0 Å². The zero-order valence-corrected chi connectivity index (χ0v) is 6.77. The summed E-state index contributed by atoms with van der Waals surface area (Å²) in [5.74, 6) is 0. The fraction of sp³-hybridized carbons (Fsp3) is 0. The lowest BCUT2D eigenvalue weighted by atomic mass is 10.3. The predicted molar refractivity (Wildman–Crippen MR) is 42.6 cm³/mol. The molecule has 5 nitrogen and oxygen atoms in total. The molecule has 0 fully saturated rings. The van der Waals surface area contributed by atoms with Crippen LogP contribution in [0.25, 0.3) is 0 Å². The summed E-state index contributed by atoms with van der Waals surface area (Å²) in [5.41, 5.74) is -0.318. The number of benzene rings is 1. The van der Waals surface area contributed by atoms with Gasteiger partial charge in [0.05, 0.1) is 4.92 Å². The standard InChI is InChI=1S/C6H4NO4P/c8-7(9)5-3-1-2-4-6(5)12(10)11/h1-4H/p+1. The summed E-state index contributed by atoms with van der Waals surface area (Å²) in [6.07, 6.45) is 0. The molecule has 1 aromatic rings. The van der Waals surface area contributed by atoms with Gasteiger partial charge in [0.15, 0.2) is 0 Å². The summed E-state index contributed by atoms with van der Waals surface area (Å²) in [7, 11) is -2.64. The Kier molecular flexibility index (Phi) is 2.47. The van der Waals surface area contributed by atoms with Crippen LogP contribution in [0, 0.1) is 10.1 Å². The molecule has 0 aromatic heterocycles. The second kappa shape index (κ2) is 3.38. The minimum atomic E-state index is -2.64. The summed E-state index contributed by atoms with van der Waals surface area (Å²) < 4.78 is 10.6. The zero-order valence-electron chi connectivity index (χ0n) is 5.88. The van der Waals surface area contributed by atoms with E-state index in [-0.39, 0.29) is 11.0 Å². The van der Waals surface area contributed by atoms with Crippen molar-refractivity contribution in [2.45, 2.75) is 0 Å². The average Bonchev–Trinajstić information content (AvgIpc) is 2.04. The molecule has 0 saturated carbocycles. The van der Waals surface area contributed by atoms with Gasteiger partial charge in [0.1, 0.15) is 0 Å². The van der Waals surface area contributed by atoms with Gasteiger partial charge in [-0.2, -0.15) is 4.89 Å². The molecule has 0 bridgehead atoms. The summed E-state index contributed by atoms with van der Waals surface area (Å²) in [6, 6.07) is 5.38. The van der Waals surface area contributed by atoms with Crippen LogP contribution in [0.1, 0.15) is 0 Å². The lowest BCUT2D eigenvalue weighted by Crippen LogP contribution is -2.03. The van der Waals surface area contributed by atoms with Gasteiger partial charge in [-0.05, 0) is 4.57 Å². The third kappa shape index (κ3) is 1.64. The van der Waals surface area contributed by atoms with Gasteiger partial charge in [0.2, 0.25) is 0 Å². The van der Waals surface area contributed by atoms with Crippen LogP contribution in [0.5, 0.6) is 0 Å². The highest BCUT2D eigenvalue weighted by Gasteiger charge is 2.28. The van der Waals surface area contributed by atoms with Crippen LogP contribution < -0.4 is 5.30 Å². The maximum atomic E-state index is 10.6. The normalized spacial score (nSPS) is 10.9. The molecule has 1 N–H and O–H groups in total. The van der Waals surface area contributed by atoms with Gasteiger partial charge in [-0.3, -0.25) is 10.1 Å². The number of nitro groups is 1. The molecule has 0 aliphatic rings. The summed E-state index contributed by atoms with van der Waals surface area (Å²) >= 11 is 0. The third-order valence-corrected chi connectivity index (χ3v) is 2.07. The number of rotatable bonds is 2. The van der Waals surface area contributed by atoms with E-state index in [4.69, 9.17) is 4.89 Å². The number of para-hydroxylation sites is 1. The van der Waals surface area contributed by atoms with Gasteiger partial charge in [-0.1, -0.05) is 12.1 Å². The van der Waals surface area contributed by atoms with E-state index >= 15 is 0 Å². The Labute approximate surface area is 68.7 Å². The number of hydrogen-bond donors (Lipinski definition) is 1. The van der Waals surface area contributed by atoms with Crippen LogP contribution >= 0.6 is 8.03 Å². The van der Waals surface area contributed by atoms with Crippen molar-refractivity contribution in [1.82, 2.24) is 0 Å². The first kappa shape index (κ1) is 8.77. The quantitative estimate of drug-likeness (QED) is 0.423. The fourth-order valence-electron chi connectivity index (χ4n) is 0.780. The Morgan fingerprint density at radius 3 is 2.42 bits per heavy atom. The predicted octanol–water partition coefficient (Wildman–Crippen LogP) is 0.955. The lowest BCUT2D eigenvalue weighted by Gasteiger charge is -1.87. The Balaban J connectivity index is 3.27. The summed E-state index contributed by atoms with van der Waals surface area (Å²) in [4.78, 5) is 18.3. The second-order valence-electron chi connectivity index (χ2n) is 2.02. The molecule has 0 radical (unpaired) electrons. The lowest BCUT2D eigenvalue weighted by molar-refractivity contribution is -0.383. The van der Waals surface area contributed by atoms with Crippen molar-refractivity contribution >= 4 is 19.0 Å². The SMILES string of the molecule is O=[N+]([O-])c1ccccc1[P+](=O)O. The molecule has 0 aliphatic heterocycles. The molecule has 0 heterocycles. The molecule has 1 atom stereocenters. The zero-order chi connectivity index (χ0) is 9.14. The van der Waals surface area contributed by atoms with Crippen molar-refractivity contribution in [3.63, 3.8) is 0 Å². The van der Waals surface area contributed by atoms with E-state index in [9.17, 15) is 14.7 Å². The van der Waals surface area contributed by atoms with Crippen LogP contribution in [0.2, 0.25) is 0 Å². The van der Waals surface area contributed by atoms with Crippen LogP contribution in [0.3, 0.4) is 0 Å². The van der Waals surface area contributed by atoms with Crippen LogP contribution in [0.15, 0.2) is 24.3 Å². The Bertz CT molecular complexity index is 305. The largest absolute Gasteiger partial charge is 0.553 e. The number of nitrogens with zero attached hydrogens (tertiary/aromatic N) is 1. The first-order chi connectivity index (χ1) is 5.63. The highest BCUT2D eigenvalue weighted by atomic mass is 31.1. The maximum absolute atomic E-state index is 10.6. The second-order valence-corrected chi connectivity index (χ2v) is 3.05. The smallest absolute Gasteiger partial charge is 0.258 e. The van der Waals surface area contributed by atoms with Crippen molar-refractivity contribution in [1.29, 1.82) is 0 Å². The van der Waals surface area contributed by atoms with Gasteiger partial charge in [-0.15, -0.1) is 0 Å². The minimum Gasteiger partial charge on any atom is -0.258 e. The van der Waals surface area contributed by atoms with Crippen molar-refractivity contribution in [2.24, 2.45) is 0 Å². The van der Waals surface area contributed by atoms with Crippen molar-refractivity contribution in [2.75, 3.05) is 0 Å². The first-order valence-electron chi connectivity index (χ1n) is 3.02. The van der Waals surface area contributed by atoms with Crippen LogP contribution in [-0.2, 0) is 4.57 Å². The molecule has 6 heteroatoms. The molecular formula is C6H5NO4P+. The Hall–Kier alpha value is -1.32. The van der Waals surface area contributed by atoms with Crippen molar-refractivity contribution in [3.05, 3.63) is 34.4 Å². The van der Waals surface area contributed by atoms with E-state index in [1.165, 1.54) is 24.3 Å². The van der Waals surface area contributed by atoms with E-state index in [1.807, 2.05) is 0 Å². The molecular weight excluding hydrogens is 181 g/mol. The molecule has 0 aliphatic carbocycles. The molecule has 0 saturated heterocycles. The first-order valence-corrected chi connectivity index (χ1v) is 4.23. The molecule has 0 amide bonds. The van der Waals surface area contributed by atoms with E-state index in [1.54, 1.807) is 0 Å². The van der Waals surface area contributed by atoms with Gasteiger partial charge in [0, 0.05) is 12.1 Å². The Morgan fingerprint density at radius 1 is 1.42 bits per heavy atom. The molecule has 62 valence electrons.